The molecule has 176 valence electrons. The monoisotopic (exact) mass is 453 g/mol. The minimum atomic E-state index is -0.621. The van der Waals surface area contributed by atoms with Crippen molar-refractivity contribution in [3.05, 3.63) is 60.1 Å². The van der Waals surface area contributed by atoms with Crippen molar-refractivity contribution >= 4 is 17.8 Å². The van der Waals surface area contributed by atoms with Crippen LogP contribution in [0, 0.1) is 5.92 Å². The van der Waals surface area contributed by atoms with Gasteiger partial charge in [0.2, 0.25) is 11.8 Å². The fraction of sp³-hybridized carbons (Fsp3) is 0.458. The Balaban J connectivity index is 1.60. The number of carbonyl (C=O) groups excluding carboxylic acids is 3. The third-order valence-corrected chi connectivity index (χ3v) is 6.06. The lowest BCUT2D eigenvalue weighted by atomic mass is 9.97. The number of nitrogens with one attached hydrogen (secondary N) is 1. The highest BCUT2D eigenvalue weighted by atomic mass is 16.3. The molecule has 0 saturated carbocycles. The molecule has 33 heavy (non-hydrogen) atoms. The van der Waals surface area contributed by atoms with E-state index < -0.39 is 12.2 Å². The zero-order valence-corrected chi connectivity index (χ0v) is 19.3. The zero-order valence-electron chi connectivity index (χ0n) is 19.3. The number of amides is 4. The van der Waals surface area contributed by atoms with Gasteiger partial charge in [-0.15, -0.1) is 0 Å². The van der Waals surface area contributed by atoms with Gasteiger partial charge in [0.1, 0.15) is 18.0 Å². The number of hydrogen-bond acceptors (Lipinski definition) is 5. The summed E-state index contributed by atoms with van der Waals surface area (Å²) >= 11 is 0. The maximum Gasteiger partial charge on any atom is 0.334 e. The van der Waals surface area contributed by atoms with E-state index in [0.717, 1.165) is 5.56 Å². The number of urea groups is 1. The lowest BCUT2D eigenvalue weighted by molar-refractivity contribution is -0.188. The summed E-state index contributed by atoms with van der Waals surface area (Å²) in [5.74, 6) is 0.608. The second kappa shape index (κ2) is 9.66. The first kappa shape index (κ1) is 22.8. The number of rotatable bonds is 6. The van der Waals surface area contributed by atoms with Crippen LogP contribution in [0.2, 0.25) is 0 Å². The molecule has 2 fully saturated rings. The number of likely N-dealkylation sites (N-methyl/N-ethyl adjacent to an activating group) is 1. The molecule has 0 unspecified atom stereocenters. The Kier molecular flexibility index (Phi) is 6.69. The Bertz CT molecular complexity index is 978. The Morgan fingerprint density at radius 2 is 1.91 bits per heavy atom. The summed E-state index contributed by atoms with van der Waals surface area (Å²) in [6.07, 6.45) is 1.50. The smallest absolute Gasteiger partial charge is 0.334 e. The normalized spacial score (nSPS) is 21.5. The minimum absolute atomic E-state index is 0.0370. The van der Waals surface area contributed by atoms with Gasteiger partial charge in [0.25, 0.3) is 0 Å². The number of carbonyl (C=O) groups is 3. The van der Waals surface area contributed by atoms with Crippen LogP contribution < -0.4 is 5.32 Å². The molecule has 4 rings (SSSR count). The molecule has 9 heteroatoms. The van der Waals surface area contributed by atoms with Crippen molar-refractivity contribution in [3.63, 3.8) is 0 Å². The van der Waals surface area contributed by atoms with E-state index in [1.807, 2.05) is 50.2 Å². The van der Waals surface area contributed by atoms with Crippen molar-refractivity contribution in [1.29, 1.82) is 0 Å². The van der Waals surface area contributed by atoms with Crippen LogP contribution in [0.5, 0.6) is 0 Å². The zero-order chi connectivity index (χ0) is 23.5. The molecule has 3 heterocycles. The van der Waals surface area contributed by atoms with E-state index in [-0.39, 0.29) is 36.9 Å². The van der Waals surface area contributed by atoms with Crippen LogP contribution in [0.3, 0.4) is 0 Å². The van der Waals surface area contributed by atoms with Gasteiger partial charge in [-0.2, -0.15) is 0 Å². The van der Waals surface area contributed by atoms with Gasteiger partial charge in [-0.25, -0.2) is 14.8 Å². The average molecular weight is 454 g/mol. The van der Waals surface area contributed by atoms with Gasteiger partial charge in [-0.05, 0) is 30.0 Å². The van der Waals surface area contributed by atoms with Crippen LogP contribution in [-0.4, -0.2) is 70.0 Å². The quantitative estimate of drug-likeness (QED) is 0.725. The largest absolute Gasteiger partial charge is 0.467 e. The first-order valence-corrected chi connectivity index (χ1v) is 11.3. The van der Waals surface area contributed by atoms with E-state index >= 15 is 0 Å². The highest BCUT2D eigenvalue weighted by Gasteiger charge is 2.50. The molecule has 9 nitrogen and oxygen atoms in total. The molecule has 2 aliphatic heterocycles. The predicted molar refractivity (Wildman–Crippen MR) is 121 cm³/mol. The van der Waals surface area contributed by atoms with E-state index in [4.69, 9.17) is 4.42 Å². The van der Waals surface area contributed by atoms with Crippen molar-refractivity contribution in [2.45, 2.75) is 45.6 Å². The molecule has 2 aromatic rings. The number of hydrogen-bond donors (Lipinski definition) is 1. The van der Waals surface area contributed by atoms with E-state index in [0.29, 0.717) is 25.3 Å². The van der Waals surface area contributed by atoms with Crippen molar-refractivity contribution in [3.8, 4) is 0 Å². The highest BCUT2D eigenvalue weighted by molar-refractivity contribution is 5.91. The predicted octanol–water partition coefficient (Wildman–Crippen LogP) is 2.26. The van der Waals surface area contributed by atoms with E-state index in [1.54, 1.807) is 39.2 Å². The second-order valence-corrected chi connectivity index (χ2v) is 9.03. The first-order chi connectivity index (χ1) is 15.8. The summed E-state index contributed by atoms with van der Waals surface area (Å²) in [6.45, 7) is 4.97. The van der Waals surface area contributed by atoms with Crippen molar-refractivity contribution in [1.82, 2.24) is 25.1 Å². The third kappa shape index (κ3) is 4.88. The number of nitrogens with zero attached hydrogens (tertiary/aromatic N) is 4. The lowest BCUT2D eigenvalue weighted by Gasteiger charge is -2.54. The Labute approximate surface area is 193 Å². The summed E-state index contributed by atoms with van der Waals surface area (Å²) < 4.78 is 5.46. The van der Waals surface area contributed by atoms with Crippen LogP contribution in [-0.2, 0) is 22.7 Å². The molecular formula is C24H31N5O4. The van der Waals surface area contributed by atoms with E-state index in [1.165, 1.54) is 0 Å². The SMILES string of the molecule is CC(C)C[C@H]1C(=O)N(Cc2ccco2)C[C@H]2N1C(=O)CN(C)N2C(=O)NCc1ccccc1. The van der Waals surface area contributed by atoms with Crippen LogP contribution in [0.15, 0.2) is 53.1 Å². The average Bonchev–Trinajstić information content (AvgIpc) is 3.28. The van der Waals surface area contributed by atoms with Gasteiger partial charge in [0.15, 0.2) is 0 Å². The summed E-state index contributed by atoms with van der Waals surface area (Å²) in [7, 11) is 1.72. The van der Waals surface area contributed by atoms with Gasteiger partial charge >= 0.3 is 6.03 Å². The number of piperazine rings is 1. The van der Waals surface area contributed by atoms with Gasteiger partial charge in [-0.3, -0.25) is 9.59 Å². The van der Waals surface area contributed by atoms with E-state index in [9.17, 15) is 14.4 Å². The fourth-order valence-electron chi connectivity index (χ4n) is 4.57. The van der Waals surface area contributed by atoms with Crippen molar-refractivity contribution in [2.75, 3.05) is 20.1 Å². The maximum absolute atomic E-state index is 13.4. The molecule has 0 spiro atoms. The Morgan fingerprint density at radius 3 is 2.58 bits per heavy atom. The summed E-state index contributed by atoms with van der Waals surface area (Å²) in [6, 6.07) is 12.3. The second-order valence-electron chi connectivity index (χ2n) is 9.03. The van der Waals surface area contributed by atoms with E-state index in [2.05, 4.69) is 5.32 Å². The van der Waals surface area contributed by atoms with Gasteiger partial charge in [-0.1, -0.05) is 44.2 Å². The number of hydrazine groups is 1. The molecule has 0 aliphatic carbocycles. The van der Waals surface area contributed by atoms with Gasteiger partial charge in [0.05, 0.1) is 25.9 Å². The molecule has 1 N–H and O–H groups in total. The van der Waals surface area contributed by atoms with Crippen molar-refractivity contribution < 1.29 is 18.8 Å². The molecule has 2 saturated heterocycles. The topological polar surface area (TPSA) is 89.3 Å². The summed E-state index contributed by atoms with van der Waals surface area (Å²) in [5, 5.41) is 6.16. The summed E-state index contributed by atoms with van der Waals surface area (Å²) in [4.78, 5) is 43.1. The number of furan rings is 1. The van der Waals surface area contributed by atoms with Crippen molar-refractivity contribution in [2.24, 2.45) is 5.92 Å². The molecule has 0 bridgehead atoms. The molecular weight excluding hydrogens is 422 g/mol. The molecule has 1 aromatic heterocycles. The van der Waals surface area contributed by atoms with Crippen LogP contribution >= 0.6 is 0 Å². The maximum atomic E-state index is 13.4. The fourth-order valence-corrected chi connectivity index (χ4v) is 4.57. The van der Waals surface area contributed by atoms with Gasteiger partial charge < -0.3 is 19.5 Å². The van der Waals surface area contributed by atoms with Crippen LogP contribution in [0.4, 0.5) is 4.79 Å². The lowest BCUT2D eigenvalue weighted by Crippen LogP contribution is -2.75. The first-order valence-electron chi connectivity index (χ1n) is 11.3. The number of benzene rings is 1. The highest BCUT2D eigenvalue weighted by Crippen LogP contribution is 2.29. The Hall–Kier alpha value is -3.33. The molecule has 1 aromatic carbocycles. The molecule has 2 atom stereocenters. The third-order valence-electron chi connectivity index (χ3n) is 6.06. The van der Waals surface area contributed by atoms with Gasteiger partial charge in [0, 0.05) is 13.6 Å². The molecule has 0 radical (unpaired) electrons. The molecule has 4 amide bonds. The standard InChI is InChI=1S/C24H31N5O4/c1-17(2)12-20-23(31)27(14-19-10-7-11-33-19)15-21-28(20)22(30)16-26(3)29(21)24(32)25-13-18-8-5-4-6-9-18/h4-11,17,20-21H,12-16H2,1-3H3,(H,25,32)/t20-,21-/m0/s1. The van der Waals surface area contributed by atoms with Crippen LogP contribution in [0.25, 0.3) is 0 Å². The van der Waals surface area contributed by atoms with Crippen LogP contribution in [0.1, 0.15) is 31.6 Å². The Morgan fingerprint density at radius 1 is 1.15 bits per heavy atom. The summed E-state index contributed by atoms with van der Waals surface area (Å²) in [5.41, 5.74) is 0.981. The minimum Gasteiger partial charge on any atom is -0.467 e. The number of fused-ring (bicyclic) bond motifs is 1. The molecule has 2 aliphatic rings.